The van der Waals surface area contributed by atoms with Crippen molar-refractivity contribution < 1.29 is 48.2 Å². The Morgan fingerprint density at radius 1 is 0.377 bits per heavy atom. The van der Waals surface area contributed by atoms with Crippen molar-refractivity contribution in [3.63, 3.8) is 0 Å². The van der Waals surface area contributed by atoms with Crippen LogP contribution in [0, 0.1) is 23.7 Å². The van der Waals surface area contributed by atoms with Crippen molar-refractivity contribution in [1.82, 2.24) is 0 Å². The topological polar surface area (TPSA) is 130 Å². The molecule has 0 unspecified atom stereocenters. The van der Waals surface area contributed by atoms with Crippen LogP contribution < -0.4 is 18.9 Å². The van der Waals surface area contributed by atoms with Crippen LogP contribution in [0.15, 0.2) is 59.1 Å². The van der Waals surface area contributed by atoms with Crippen LogP contribution in [0.1, 0.15) is 251 Å². The quantitative estimate of drug-likeness (QED) is 0.0488. The summed E-state index contributed by atoms with van der Waals surface area (Å²) in [6.07, 6.45) is 39.3. The van der Waals surface area contributed by atoms with Crippen LogP contribution in [0.5, 0.6) is 23.0 Å². The Bertz CT molecular complexity index is 1770. The van der Waals surface area contributed by atoms with Crippen molar-refractivity contribution in [3.05, 3.63) is 70.2 Å². The average Bonchev–Trinajstić information content (AvgIpc) is 3.46. The number of hydrogen-bond acceptors (Lipinski definition) is 10. The molecule has 0 fully saturated rings. The zero-order valence-electron chi connectivity index (χ0n) is 49.5. The molecule has 10 nitrogen and oxygen atoms in total. The fourth-order valence-corrected chi connectivity index (χ4v) is 11.7. The number of unbranched alkanes of at least 4 members (excludes halogenated alkanes) is 28. The Labute approximate surface area is 468 Å². The third-order valence-electron chi connectivity index (χ3n) is 16.1. The largest absolute Gasteiger partial charge is 0.511 e. The van der Waals surface area contributed by atoms with Gasteiger partial charge in [-0.3, -0.25) is 0 Å². The fraction of sp³-hybridized carbons (Fsp3) is 0.731. The normalized spacial score (nSPS) is 17.2. The zero-order chi connectivity index (χ0) is 55.3. The summed E-state index contributed by atoms with van der Waals surface area (Å²) < 4.78 is 36.5. The molecule has 0 aromatic heterocycles. The molecule has 0 radical (unpaired) electrons. The van der Waals surface area contributed by atoms with Crippen LogP contribution in [0.4, 0.5) is 0 Å². The third kappa shape index (κ3) is 24.3. The van der Waals surface area contributed by atoms with E-state index in [0.29, 0.717) is 55.8 Å². The maximum Gasteiger partial charge on any atom is 0.337 e. The lowest BCUT2D eigenvalue weighted by Crippen LogP contribution is -2.43. The first-order valence-corrected chi connectivity index (χ1v) is 31.5. The molecule has 436 valence electrons. The SMILES string of the molecule is CCCCCCCCCCOc1cc(C[C@@H]2C(C(=O)OC)=C(O)[C@@H]3C[C@H]2C(O)=C(C(=O)OC)[C@H]3Cc2cc(OCCCCCCCCCC)cc(OCCCCCCCCCC)c2)cc(OCCCCCCCCCC)c1. The number of fused-ring (bicyclic) bond motifs is 2. The summed E-state index contributed by atoms with van der Waals surface area (Å²) in [7, 11) is 2.64. The average molecular weight is 1070 g/mol. The summed E-state index contributed by atoms with van der Waals surface area (Å²) in [5, 5.41) is 24.9. The summed E-state index contributed by atoms with van der Waals surface area (Å²) in [6.45, 7) is 11.3. The van der Waals surface area contributed by atoms with Crippen molar-refractivity contribution in [2.45, 2.75) is 252 Å². The Balaban J connectivity index is 1.60. The molecule has 0 heterocycles. The van der Waals surface area contributed by atoms with Gasteiger partial charge in [-0.05, 0) is 80.3 Å². The van der Waals surface area contributed by atoms with Crippen LogP contribution in [-0.4, -0.2) is 62.8 Å². The lowest BCUT2D eigenvalue weighted by atomic mass is 9.60. The predicted octanol–water partition coefficient (Wildman–Crippen LogP) is 18.4. The first kappa shape index (κ1) is 65.2. The predicted molar refractivity (Wildman–Crippen MR) is 315 cm³/mol. The number of aliphatic hydroxyl groups is 2. The van der Waals surface area contributed by atoms with Crippen molar-refractivity contribution in [3.8, 4) is 23.0 Å². The Morgan fingerprint density at radius 2 is 0.610 bits per heavy atom. The molecule has 0 aliphatic heterocycles. The number of esters is 2. The van der Waals surface area contributed by atoms with E-state index in [1.54, 1.807) is 0 Å². The van der Waals surface area contributed by atoms with E-state index in [4.69, 9.17) is 28.4 Å². The van der Waals surface area contributed by atoms with E-state index in [1.165, 1.54) is 168 Å². The van der Waals surface area contributed by atoms with E-state index in [0.717, 1.165) is 62.5 Å². The van der Waals surface area contributed by atoms with Crippen LogP contribution in [0.25, 0.3) is 0 Å². The molecule has 2 bridgehead atoms. The first-order chi connectivity index (χ1) is 37.7. The smallest absolute Gasteiger partial charge is 0.337 e. The molecular weight excluding hydrogens is 965 g/mol. The number of hydrogen-bond donors (Lipinski definition) is 2. The minimum Gasteiger partial charge on any atom is -0.511 e. The third-order valence-corrected chi connectivity index (χ3v) is 16.1. The standard InChI is InChI=1S/C67H108O10/c1-7-11-15-19-23-27-31-35-39-74-54-43-52(44-55(49-54)75-40-36-32-28-24-20-16-12-8-2)47-58-60-51-61(65(69)62(58)66(70)72-5)59(63(64(60)68)67(71)73-6)48-53-45-56(76-41-37-33-29-25-21-17-13-9-3)50-57(46-53)77-42-38-34-30-26-22-18-14-10-4/h43-46,49-50,58-61,68-69H,7-42,47-48,51H2,1-6H3/t58-,59-,60+,61+/m0/s1. The molecule has 2 aromatic carbocycles. The lowest BCUT2D eigenvalue weighted by Gasteiger charge is -2.44. The Kier molecular flexibility index (Phi) is 33.8. The molecule has 0 amide bonds. The van der Waals surface area contributed by atoms with Crippen molar-refractivity contribution in [2.24, 2.45) is 23.7 Å². The van der Waals surface area contributed by atoms with E-state index in [-0.39, 0.29) is 35.5 Å². The molecule has 10 heteroatoms. The molecule has 2 aliphatic carbocycles. The molecule has 4 atom stereocenters. The fourth-order valence-electron chi connectivity index (χ4n) is 11.7. The number of carbonyl (C=O) groups is 2. The summed E-state index contributed by atoms with van der Waals surface area (Å²) in [4.78, 5) is 28.0. The minimum absolute atomic E-state index is 0.112. The molecule has 2 aromatic rings. The molecule has 4 rings (SSSR count). The van der Waals surface area contributed by atoms with E-state index < -0.39 is 35.6 Å². The van der Waals surface area contributed by atoms with Crippen LogP contribution >= 0.6 is 0 Å². The number of rotatable bonds is 46. The van der Waals surface area contributed by atoms with Gasteiger partial charge in [0, 0.05) is 35.8 Å². The number of methoxy groups -OCH3 is 2. The highest BCUT2D eigenvalue weighted by Gasteiger charge is 2.51. The van der Waals surface area contributed by atoms with Gasteiger partial charge < -0.3 is 38.6 Å². The van der Waals surface area contributed by atoms with E-state index >= 15 is 0 Å². The maximum absolute atomic E-state index is 14.0. The van der Waals surface area contributed by atoms with Crippen LogP contribution in [-0.2, 0) is 31.9 Å². The number of aliphatic hydroxyl groups excluding tert-OH is 2. The van der Waals surface area contributed by atoms with Gasteiger partial charge in [-0.15, -0.1) is 0 Å². The van der Waals surface area contributed by atoms with Gasteiger partial charge in [0.1, 0.15) is 34.5 Å². The van der Waals surface area contributed by atoms with Crippen molar-refractivity contribution in [2.75, 3.05) is 40.6 Å². The van der Waals surface area contributed by atoms with Gasteiger partial charge in [0.25, 0.3) is 0 Å². The van der Waals surface area contributed by atoms with Gasteiger partial charge in [-0.1, -0.05) is 207 Å². The molecule has 2 aliphatic rings. The van der Waals surface area contributed by atoms with Crippen molar-refractivity contribution >= 4 is 11.9 Å². The van der Waals surface area contributed by atoms with E-state index in [9.17, 15) is 19.8 Å². The minimum atomic E-state index is -0.716. The van der Waals surface area contributed by atoms with Gasteiger partial charge in [0.05, 0.1) is 51.8 Å². The zero-order valence-corrected chi connectivity index (χ0v) is 49.5. The number of benzene rings is 2. The first-order valence-electron chi connectivity index (χ1n) is 31.5. The second kappa shape index (κ2) is 39.9. The summed E-state index contributed by atoms with van der Waals surface area (Å²) >= 11 is 0. The Morgan fingerprint density at radius 3 is 0.844 bits per heavy atom. The molecule has 0 saturated heterocycles. The summed E-state index contributed by atoms with van der Waals surface area (Å²) in [5.74, 6) is -1.59. The van der Waals surface area contributed by atoms with Gasteiger partial charge in [0.2, 0.25) is 0 Å². The van der Waals surface area contributed by atoms with Crippen molar-refractivity contribution in [1.29, 1.82) is 0 Å². The van der Waals surface area contributed by atoms with Crippen LogP contribution in [0.2, 0.25) is 0 Å². The van der Waals surface area contributed by atoms with E-state index in [1.807, 2.05) is 36.4 Å². The maximum atomic E-state index is 14.0. The monoisotopic (exact) mass is 1070 g/mol. The second-order valence-corrected chi connectivity index (χ2v) is 22.6. The highest BCUT2D eigenvalue weighted by molar-refractivity contribution is 5.92. The highest BCUT2D eigenvalue weighted by Crippen LogP contribution is 2.53. The van der Waals surface area contributed by atoms with Gasteiger partial charge in [0.15, 0.2) is 0 Å². The molecule has 0 saturated carbocycles. The number of ether oxygens (including phenoxy) is 6. The summed E-state index contributed by atoms with van der Waals surface area (Å²) in [5.41, 5.74) is 1.91. The van der Waals surface area contributed by atoms with Gasteiger partial charge in [-0.25, -0.2) is 9.59 Å². The van der Waals surface area contributed by atoms with E-state index in [2.05, 4.69) is 27.7 Å². The molecule has 77 heavy (non-hydrogen) atoms. The number of carbonyl (C=O) groups excluding carboxylic acids is 2. The van der Waals surface area contributed by atoms with Gasteiger partial charge in [-0.2, -0.15) is 0 Å². The number of allylic oxidation sites excluding steroid dienone is 2. The highest BCUT2D eigenvalue weighted by atomic mass is 16.5. The molecule has 2 N–H and O–H groups in total. The Hall–Kier alpha value is -4.34. The van der Waals surface area contributed by atoms with Gasteiger partial charge >= 0.3 is 11.9 Å². The molecular formula is C67H108O10. The second-order valence-electron chi connectivity index (χ2n) is 22.6. The summed E-state index contributed by atoms with van der Waals surface area (Å²) in [6, 6.07) is 11.8. The molecule has 0 spiro atoms. The van der Waals surface area contributed by atoms with Crippen LogP contribution in [0.3, 0.4) is 0 Å². The lowest BCUT2D eigenvalue weighted by molar-refractivity contribution is -0.138.